The van der Waals surface area contributed by atoms with Crippen LogP contribution in [0.25, 0.3) is 0 Å². The van der Waals surface area contributed by atoms with Gasteiger partial charge in [0.1, 0.15) is 5.01 Å². The van der Waals surface area contributed by atoms with Gasteiger partial charge in [0.05, 0.1) is 0 Å². The molecule has 2 rings (SSSR count). The third kappa shape index (κ3) is 4.30. The van der Waals surface area contributed by atoms with E-state index in [4.69, 9.17) is 0 Å². The Hall–Kier alpha value is -1.42. The van der Waals surface area contributed by atoms with Gasteiger partial charge in [0.15, 0.2) is 0 Å². The first-order valence-electron chi connectivity index (χ1n) is 7.19. The van der Waals surface area contributed by atoms with Gasteiger partial charge in [-0.15, -0.1) is 10.2 Å². The van der Waals surface area contributed by atoms with Gasteiger partial charge in [-0.2, -0.15) is 0 Å². The van der Waals surface area contributed by atoms with Gasteiger partial charge in [-0.05, 0) is 23.0 Å². The minimum atomic E-state index is 0.582. The van der Waals surface area contributed by atoms with Crippen molar-refractivity contribution >= 4 is 16.5 Å². The molecule has 1 N–H and O–H groups in total. The molecule has 1 aromatic carbocycles. The van der Waals surface area contributed by atoms with Gasteiger partial charge in [-0.3, -0.25) is 0 Å². The van der Waals surface area contributed by atoms with Crippen molar-refractivity contribution in [3.63, 3.8) is 0 Å². The number of hydrogen-bond donors (Lipinski definition) is 1. The number of anilines is 1. The van der Waals surface area contributed by atoms with Gasteiger partial charge in [-0.25, -0.2) is 0 Å². The average molecular weight is 289 g/mol. The van der Waals surface area contributed by atoms with Gasteiger partial charge in [0.25, 0.3) is 0 Å². The number of aromatic nitrogens is 2. The Labute approximate surface area is 125 Å². The molecule has 0 atom stereocenters. The molecule has 1 aromatic heterocycles. The monoisotopic (exact) mass is 289 g/mol. The van der Waals surface area contributed by atoms with Crippen molar-refractivity contribution in [2.24, 2.45) is 5.92 Å². The second kappa shape index (κ2) is 6.84. The maximum absolute atomic E-state index is 4.21. The Morgan fingerprint density at radius 3 is 2.35 bits per heavy atom. The lowest BCUT2D eigenvalue weighted by atomic mass is 10.0. The Bertz CT molecular complexity index is 529. The largest absolute Gasteiger partial charge is 0.356 e. The molecule has 1 heterocycles. The highest BCUT2D eigenvalue weighted by molar-refractivity contribution is 7.15. The van der Waals surface area contributed by atoms with Crippen molar-refractivity contribution in [2.75, 3.05) is 5.32 Å². The highest BCUT2D eigenvalue weighted by atomic mass is 32.1. The lowest BCUT2D eigenvalue weighted by molar-refractivity contribution is 0.640. The Balaban J connectivity index is 1.89. The van der Waals surface area contributed by atoms with Crippen LogP contribution in [0.2, 0.25) is 0 Å². The molecule has 0 aliphatic heterocycles. The van der Waals surface area contributed by atoms with E-state index in [9.17, 15) is 0 Å². The quantitative estimate of drug-likeness (QED) is 0.852. The van der Waals surface area contributed by atoms with E-state index in [-0.39, 0.29) is 0 Å². The summed E-state index contributed by atoms with van der Waals surface area (Å²) < 4.78 is 0. The van der Waals surface area contributed by atoms with Gasteiger partial charge in [-0.1, -0.05) is 63.3 Å². The van der Waals surface area contributed by atoms with Crippen LogP contribution in [0.1, 0.15) is 49.7 Å². The first kappa shape index (κ1) is 15.0. The second-order valence-electron chi connectivity index (χ2n) is 5.85. The first-order valence-corrected chi connectivity index (χ1v) is 8.01. The number of hydrogen-bond acceptors (Lipinski definition) is 4. The SMILES string of the molecule is CC(C)Cc1nnc(NCc2ccc(C(C)C)cc2)s1. The molecule has 0 unspecified atom stereocenters. The lowest BCUT2D eigenvalue weighted by Gasteiger charge is -2.07. The van der Waals surface area contributed by atoms with Crippen LogP contribution in [0.5, 0.6) is 0 Å². The zero-order chi connectivity index (χ0) is 14.5. The predicted molar refractivity (Wildman–Crippen MR) is 86.3 cm³/mol. The van der Waals surface area contributed by atoms with Crippen molar-refractivity contribution in [3.8, 4) is 0 Å². The highest BCUT2D eigenvalue weighted by Crippen LogP contribution is 2.19. The van der Waals surface area contributed by atoms with E-state index in [0.717, 1.165) is 23.1 Å². The van der Waals surface area contributed by atoms with Crippen molar-refractivity contribution in [3.05, 3.63) is 40.4 Å². The molecule has 2 aromatic rings. The first-order chi connectivity index (χ1) is 9.54. The van der Waals surface area contributed by atoms with E-state index >= 15 is 0 Å². The summed E-state index contributed by atoms with van der Waals surface area (Å²) in [5.74, 6) is 1.21. The van der Waals surface area contributed by atoms with E-state index in [1.165, 1.54) is 11.1 Å². The molecule has 4 heteroatoms. The molecule has 0 amide bonds. The zero-order valence-electron chi connectivity index (χ0n) is 12.7. The minimum Gasteiger partial charge on any atom is -0.356 e. The summed E-state index contributed by atoms with van der Waals surface area (Å²) in [7, 11) is 0. The number of nitrogens with zero attached hydrogens (tertiary/aromatic N) is 2. The Morgan fingerprint density at radius 1 is 1.05 bits per heavy atom. The van der Waals surface area contributed by atoms with Crippen LogP contribution in [-0.2, 0) is 13.0 Å². The van der Waals surface area contributed by atoms with Crippen LogP contribution in [0.4, 0.5) is 5.13 Å². The van der Waals surface area contributed by atoms with E-state index in [2.05, 4.69) is 67.5 Å². The third-order valence-corrected chi connectivity index (χ3v) is 4.04. The van der Waals surface area contributed by atoms with Crippen molar-refractivity contribution in [1.29, 1.82) is 0 Å². The highest BCUT2D eigenvalue weighted by Gasteiger charge is 2.06. The maximum Gasteiger partial charge on any atom is 0.205 e. The topological polar surface area (TPSA) is 37.8 Å². The molecule has 20 heavy (non-hydrogen) atoms. The smallest absolute Gasteiger partial charge is 0.205 e. The van der Waals surface area contributed by atoms with Crippen LogP contribution in [0.3, 0.4) is 0 Å². The fourth-order valence-corrected chi connectivity index (χ4v) is 2.90. The van der Waals surface area contributed by atoms with Gasteiger partial charge in [0.2, 0.25) is 5.13 Å². The molecule has 3 nitrogen and oxygen atoms in total. The summed E-state index contributed by atoms with van der Waals surface area (Å²) in [4.78, 5) is 0. The van der Waals surface area contributed by atoms with Gasteiger partial charge >= 0.3 is 0 Å². The summed E-state index contributed by atoms with van der Waals surface area (Å²) >= 11 is 1.66. The van der Waals surface area contributed by atoms with Crippen LogP contribution in [-0.4, -0.2) is 10.2 Å². The summed E-state index contributed by atoms with van der Waals surface area (Å²) in [6.07, 6.45) is 1.00. The molecule has 0 saturated carbocycles. The fraction of sp³-hybridized carbons (Fsp3) is 0.500. The van der Waals surface area contributed by atoms with Crippen LogP contribution < -0.4 is 5.32 Å². The lowest BCUT2D eigenvalue weighted by Crippen LogP contribution is -1.99. The van der Waals surface area contributed by atoms with E-state index in [1.54, 1.807) is 11.3 Å². The molecule has 0 saturated heterocycles. The molecule has 0 aliphatic rings. The van der Waals surface area contributed by atoms with Crippen LogP contribution in [0, 0.1) is 5.92 Å². The number of rotatable bonds is 6. The minimum absolute atomic E-state index is 0.582. The van der Waals surface area contributed by atoms with Gasteiger partial charge < -0.3 is 5.32 Å². The van der Waals surface area contributed by atoms with Crippen LogP contribution in [0.15, 0.2) is 24.3 Å². The summed E-state index contributed by atoms with van der Waals surface area (Å²) in [5, 5.41) is 13.8. The van der Waals surface area contributed by atoms with Crippen molar-refractivity contribution < 1.29 is 0 Å². The van der Waals surface area contributed by atoms with E-state index in [1.807, 2.05) is 0 Å². The maximum atomic E-state index is 4.21. The normalized spacial score (nSPS) is 11.3. The van der Waals surface area contributed by atoms with E-state index in [0.29, 0.717) is 11.8 Å². The summed E-state index contributed by atoms with van der Waals surface area (Å²) in [6.45, 7) is 9.62. The molecule has 0 aliphatic carbocycles. The standard InChI is InChI=1S/C16H23N3S/c1-11(2)9-15-18-19-16(20-15)17-10-13-5-7-14(8-6-13)12(3)4/h5-8,11-12H,9-10H2,1-4H3,(H,17,19). The Morgan fingerprint density at radius 2 is 1.75 bits per heavy atom. The fourth-order valence-electron chi connectivity index (χ4n) is 1.95. The van der Waals surface area contributed by atoms with Gasteiger partial charge in [0, 0.05) is 13.0 Å². The molecule has 108 valence electrons. The summed E-state index contributed by atoms with van der Waals surface area (Å²) in [6, 6.07) is 8.76. The van der Waals surface area contributed by atoms with Crippen molar-refractivity contribution in [1.82, 2.24) is 10.2 Å². The Kier molecular flexibility index (Phi) is 5.12. The predicted octanol–water partition coefficient (Wildman–Crippen LogP) is 4.47. The number of benzene rings is 1. The summed E-state index contributed by atoms with van der Waals surface area (Å²) in [5.41, 5.74) is 2.65. The second-order valence-corrected chi connectivity index (χ2v) is 6.91. The molecule has 0 radical (unpaired) electrons. The van der Waals surface area contributed by atoms with E-state index < -0.39 is 0 Å². The van der Waals surface area contributed by atoms with Crippen molar-refractivity contribution in [2.45, 2.75) is 46.6 Å². The molecule has 0 spiro atoms. The molecular formula is C16H23N3S. The number of nitrogens with one attached hydrogen (secondary N) is 1. The zero-order valence-corrected chi connectivity index (χ0v) is 13.5. The molecular weight excluding hydrogens is 266 g/mol. The average Bonchev–Trinajstić information content (AvgIpc) is 2.83. The van der Waals surface area contributed by atoms with Crippen LogP contribution >= 0.6 is 11.3 Å². The molecule has 0 fully saturated rings. The third-order valence-electron chi connectivity index (χ3n) is 3.14. The molecule has 0 bridgehead atoms.